The fraction of sp³-hybridized carbons (Fsp3) is 0.583. The molecule has 0 spiro atoms. The Kier molecular flexibility index (Phi) is 5.81. The predicted octanol–water partition coefficient (Wildman–Crippen LogP) is 1.93. The van der Waals surface area contributed by atoms with Crippen molar-refractivity contribution in [3.63, 3.8) is 0 Å². The maximum Gasteiger partial charge on any atom is 0.315 e. The average Bonchev–Trinajstić information content (AvgIpc) is 2.78. The van der Waals surface area contributed by atoms with E-state index in [-0.39, 0.29) is 23.9 Å². The summed E-state index contributed by atoms with van der Waals surface area (Å²) in [4.78, 5) is 12.8. The quantitative estimate of drug-likeness (QED) is 0.843. The van der Waals surface area contributed by atoms with Crippen LogP contribution in [0.3, 0.4) is 0 Å². The molecule has 2 amide bonds. The molecule has 2 N–H and O–H groups in total. The van der Waals surface area contributed by atoms with Crippen molar-refractivity contribution in [1.82, 2.24) is 10.6 Å². The van der Waals surface area contributed by atoms with E-state index >= 15 is 0 Å². The van der Waals surface area contributed by atoms with Crippen molar-refractivity contribution in [1.29, 1.82) is 0 Å². The first kappa shape index (κ1) is 16.0. The van der Waals surface area contributed by atoms with Crippen molar-refractivity contribution in [2.45, 2.75) is 32.4 Å². The number of thiophene rings is 1. The van der Waals surface area contributed by atoms with Crippen LogP contribution in [0.25, 0.3) is 0 Å². The summed E-state index contributed by atoms with van der Waals surface area (Å²) in [5.74, 6) is 0.0783. The number of nitrogens with one attached hydrogen (secondary N) is 2. The topological polar surface area (TPSA) is 75.3 Å². The highest BCUT2D eigenvalue weighted by molar-refractivity contribution is 7.90. The molecule has 1 rings (SSSR count). The van der Waals surface area contributed by atoms with Gasteiger partial charge in [-0.05, 0) is 31.7 Å². The first-order valence-corrected chi connectivity index (χ1v) is 9.00. The second kappa shape index (κ2) is 6.91. The molecule has 2 atom stereocenters. The van der Waals surface area contributed by atoms with Crippen molar-refractivity contribution in [2.75, 3.05) is 12.0 Å². The van der Waals surface area contributed by atoms with E-state index in [9.17, 15) is 13.2 Å². The van der Waals surface area contributed by atoms with Crippen LogP contribution in [-0.4, -0.2) is 32.5 Å². The van der Waals surface area contributed by atoms with E-state index in [0.717, 1.165) is 4.88 Å². The highest BCUT2D eigenvalue weighted by Crippen LogP contribution is 2.17. The van der Waals surface area contributed by atoms with Gasteiger partial charge in [-0.3, -0.25) is 0 Å². The number of hydrogen-bond acceptors (Lipinski definition) is 4. The second-order valence-electron chi connectivity index (χ2n) is 4.67. The van der Waals surface area contributed by atoms with Gasteiger partial charge in [0.1, 0.15) is 9.84 Å². The number of amides is 2. The molecule has 108 valence electrons. The van der Waals surface area contributed by atoms with Crippen LogP contribution in [0.4, 0.5) is 4.79 Å². The van der Waals surface area contributed by atoms with E-state index in [0.29, 0.717) is 6.42 Å². The maximum atomic E-state index is 11.7. The Hall–Kier alpha value is -1.08. The van der Waals surface area contributed by atoms with Gasteiger partial charge in [0.25, 0.3) is 0 Å². The van der Waals surface area contributed by atoms with Gasteiger partial charge >= 0.3 is 6.03 Å². The van der Waals surface area contributed by atoms with Crippen LogP contribution in [0.1, 0.15) is 31.2 Å². The molecule has 0 saturated carbocycles. The molecule has 0 aliphatic rings. The Balaban J connectivity index is 2.34. The van der Waals surface area contributed by atoms with Gasteiger partial charge in [-0.1, -0.05) is 6.07 Å². The van der Waals surface area contributed by atoms with Gasteiger partial charge < -0.3 is 10.6 Å². The van der Waals surface area contributed by atoms with E-state index in [1.54, 1.807) is 18.3 Å². The average molecular weight is 304 g/mol. The summed E-state index contributed by atoms with van der Waals surface area (Å²) in [7, 11) is -2.98. The van der Waals surface area contributed by atoms with Crippen LogP contribution in [0.2, 0.25) is 0 Å². The zero-order valence-corrected chi connectivity index (χ0v) is 13.0. The van der Waals surface area contributed by atoms with Gasteiger partial charge in [0.15, 0.2) is 0 Å². The SMILES string of the molecule is C[C@@H](CCS(C)(=O)=O)NC(=O)N[C@H](C)c1cccs1. The normalized spacial score (nSPS) is 14.7. The van der Waals surface area contributed by atoms with Gasteiger partial charge in [-0.15, -0.1) is 11.3 Å². The Labute approximate surface area is 118 Å². The molecule has 0 aromatic carbocycles. The second-order valence-corrected chi connectivity index (χ2v) is 7.91. The highest BCUT2D eigenvalue weighted by atomic mass is 32.2. The summed E-state index contributed by atoms with van der Waals surface area (Å²) >= 11 is 1.58. The van der Waals surface area contributed by atoms with Crippen molar-refractivity contribution in [3.8, 4) is 0 Å². The molecule has 0 aliphatic heterocycles. The van der Waals surface area contributed by atoms with Crippen LogP contribution in [0.15, 0.2) is 17.5 Å². The number of urea groups is 1. The highest BCUT2D eigenvalue weighted by Gasteiger charge is 2.13. The summed E-state index contributed by atoms with van der Waals surface area (Å²) in [6, 6.07) is 3.39. The number of hydrogen-bond donors (Lipinski definition) is 2. The Morgan fingerprint density at radius 2 is 2.05 bits per heavy atom. The minimum absolute atomic E-state index is 0.0536. The zero-order valence-electron chi connectivity index (χ0n) is 11.3. The third-order valence-corrected chi connectivity index (χ3v) is 4.65. The van der Waals surface area contributed by atoms with E-state index in [2.05, 4.69) is 10.6 Å². The van der Waals surface area contributed by atoms with Crippen molar-refractivity contribution < 1.29 is 13.2 Å². The van der Waals surface area contributed by atoms with Gasteiger partial charge in [0.05, 0.1) is 11.8 Å². The van der Waals surface area contributed by atoms with Crippen molar-refractivity contribution >= 4 is 27.2 Å². The van der Waals surface area contributed by atoms with Crippen LogP contribution in [0.5, 0.6) is 0 Å². The van der Waals surface area contributed by atoms with Gasteiger partial charge in [-0.2, -0.15) is 0 Å². The van der Waals surface area contributed by atoms with Crippen LogP contribution >= 0.6 is 11.3 Å². The number of sulfone groups is 1. The lowest BCUT2D eigenvalue weighted by molar-refractivity contribution is 0.234. The number of carbonyl (C=O) groups is 1. The van der Waals surface area contributed by atoms with E-state index < -0.39 is 9.84 Å². The van der Waals surface area contributed by atoms with E-state index in [1.807, 2.05) is 24.4 Å². The maximum absolute atomic E-state index is 11.7. The summed E-state index contributed by atoms with van der Waals surface area (Å²) < 4.78 is 22.1. The molecule has 5 nitrogen and oxygen atoms in total. The van der Waals surface area contributed by atoms with Crippen molar-refractivity contribution in [2.24, 2.45) is 0 Å². The third-order valence-electron chi connectivity index (χ3n) is 2.62. The predicted molar refractivity (Wildman–Crippen MR) is 78.2 cm³/mol. The Morgan fingerprint density at radius 3 is 2.58 bits per heavy atom. The molecule has 19 heavy (non-hydrogen) atoms. The Bertz CT molecular complexity index is 497. The van der Waals surface area contributed by atoms with Crippen LogP contribution in [0, 0.1) is 0 Å². The molecule has 0 aliphatic carbocycles. The van der Waals surface area contributed by atoms with Crippen LogP contribution < -0.4 is 10.6 Å². The fourth-order valence-corrected chi connectivity index (χ4v) is 3.05. The van der Waals surface area contributed by atoms with Crippen molar-refractivity contribution in [3.05, 3.63) is 22.4 Å². The first-order valence-electron chi connectivity index (χ1n) is 6.06. The minimum atomic E-state index is -2.98. The molecule has 0 bridgehead atoms. The first-order chi connectivity index (χ1) is 8.78. The monoisotopic (exact) mass is 304 g/mol. The van der Waals surface area contributed by atoms with E-state index in [4.69, 9.17) is 0 Å². The van der Waals surface area contributed by atoms with Crippen LogP contribution in [-0.2, 0) is 9.84 Å². The number of carbonyl (C=O) groups excluding carboxylic acids is 1. The largest absolute Gasteiger partial charge is 0.336 e. The van der Waals surface area contributed by atoms with Gasteiger partial charge in [0.2, 0.25) is 0 Å². The lowest BCUT2D eigenvalue weighted by atomic mass is 10.2. The minimum Gasteiger partial charge on any atom is -0.336 e. The summed E-state index contributed by atoms with van der Waals surface area (Å²) in [6.07, 6.45) is 1.61. The summed E-state index contributed by atoms with van der Waals surface area (Å²) in [5.41, 5.74) is 0. The van der Waals surface area contributed by atoms with E-state index in [1.165, 1.54) is 6.26 Å². The molecule has 0 saturated heterocycles. The summed E-state index contributed by atoms with van der Waals surface area (Å²) in [5, 5.41) is 7.52. The molecule has 0 fully saturated rings. The standard InChI is InChI=1S/C12H20N2O3S2/c1-9(6-8-19(3,16)17)13-12(15)14-10(2)11-5-4-7-18-11/h4-5,7,9-10H,6,8H2,1-3H3,(H2,13,14,15)/t9-,10+/m0/s1. The van der Waals surface area contributed by atoms with Gasteiger partial charge in [-0.25, -0.2) is 13.2 Å². The molecule has 1 aromatic heterocycles. The molecule has 7 heteroatoms. The Morgan fingerprint density at radius 1 is 1.37 bits per heavy atom. The smallest absolute Gasteiger partial charge is 0.315 e. The molecule has 0 unspecified atom stereocenters. The molecular weight excluding hydrogens is 284 g/mol. The van der Waals surface area contributed by atoms with Gasteiger partial charge in [0, 0.05) is 17.2 Å². The lowest BCUT2D eigenvalue weighted by Gasteiger charge is -2.17. The number of rotatable bonds is 6. The lowest BCUT2D eigenvalue weighted by Crippen LogP contribution is -2.42. The molecule has 1 aromatic rings. The molecule has 0 radical (unpaired) electrons. The molecular formula is C12H20N2O3S2. The molecule has 1 heterocycles. The summed E-state index contributed by atoms with van der Waals surface area (Å²) in [6.45, 7) is 3.70. The zero-order chi connectivity index (χ0) is 14.5. The fourth-order valence-electron chi connectivity index (χ4n) is 1.53. The third kappa shape index (κ3) is 6.58.